The normalized spacial score (nSPS) is 18.1. The third-order valence-electron chi connectivity index (χ3n) is 6.32. The number of alkyl halides is 1. The van der Waals surface area contributed by atoms with E-state index in [4.69, 9.17) is 4.98 Å². The molecule has 0 spiro atoms. The number of rotatable bonds is 7. The molecule has 1 saturated carbocycles. The van der Waals surface area contributed by atoms with Gasteiger partial charge in [0.2, 0.25) is 5.91 Å². The fourth-order valence-electron chi connectivity index (χ4n) is 4.70. The summed E-state index contributed by atoms with van der Waals surface area (Å²) in [6.45, 7) is 1.03. The molecule has 1 N–H and O–H groups in total. The molecule has 5 heteroatoms. The van der Waals surface area contributed by atoms with E-state index in [2.05, 4.69) is 39.9 Å². The zero-order valence-corrected chi connectivity index (χ0v) is 19.6. The van der Waals surface area contributed by atoms with Gasteiger partial charge in [-0.3, -0.25) is 9.78 Å². The Morgan fingerprint density at radius 1 is 1.11 bits per heavy atom. The SMILES string of the molecule is CN(CCCCI)c1c(NC(=O)C2CCCCCCCC2)cnc2c1CCC2. The molecule has 2 aliphatic carbocycles. The molecule has 0 bridgehead atoms. The standard InChI is InChI=1S/C23H36IN3O/c1-27(16-9-8-15-24)22-19-13-10-14-20(19)25-17-21(22)26-23(28)18-11-6-4-2-3-5-7-12-18/h17-18H,2-16H2,1H3,(H,26,28). The van der Waals surface area contributed by atoms with Gasteiger partial charge in [0.15, 0.2) is 0 Å². The van der Waals surface area contributed by atoms with Gasteiger partial charge in [-0.2, -0.15) is 0 Å². The Labute approximate surface area is 184 Å². The van der Waals surface area contributed by atoms with Gasteiger partial charge in [-0.1, -0.05) is 61.1 Å². The van der Waals surface area contributed by atoms with Gasteiger partial charge >= 0.3 is 0 Å². The maximum Gasteiger partial charge on any atom is 0.227 e. The molecular formula is C23H36IN3O. The number of hydrogen-bond acceptors (Lipinski definition) is 3. The smallest absolute Gasteiger partial charge is 0.227 e. The van der Waals surface area contributed by atoms with E-state index >= 15 is 0 Å². The highest BCUT2D eigenvalue weighted by Crippen LogP contribution is 2.36. The van der Waals surface area contributed by atoms with E-state index in [-0.39, 0.29) is 11.8 Å². The summed E-state index contributed by atoms with van der Waals surface area (Å²) in [5.41, 5.74) is 4.76. The molecule has 0 atom stereocenters. The Balaban J connectivity index is 1.75. The number of halogens is 1. The van der Waals surface area contributed by atoms with Gasteiger partial charge in [0.05, 0.1) is 17.6 Å². The van der Waals surface area contributed by atoms with Crippen LogP contribution in [0.1, 0.15) is 81.9 Å². The largest absolute Gasteiger partial charge is 0.373 e. The van der Waals surface area contributed by atoms with E-state index in [1.54, 1.807) is 0 Å². The van der Waals surface area contributed by atoms with E-state index in [0.29, 0.717) is 0 Å². The maximum atomic E-state index is 13.1. The first-order valence-electron chi connectivity index (χ1n) is 11.3. The van der Waals surface area contributed by atoms with Crippen molar-refractivity contribution in [3.8, 4) is 0 Å². The van der Waals surface area contributed by atoms with Crippen molar-refractivity contribution in [3.63, 3.8) is 0 Å². The number of hydrogen-bond donors (Lipinski definition) is 1. The number of aryl methyl sites for hydroxylation is 1. The van der Waals surface area contributed by atoms with E-state index in [9.17, 15) is 4.79 Å². The van der Waals surface area contributed by atoms with Crippen LogP contribution >= 0.6 is 22.6 Å². The lowest BCUT2D eigenvalue weighted by atomic mass is 9.96. The van der Waals surface area contributed by atoms with Crippen molar-refractivity contribution in [1.29, 1.82) is 0 Å². The zero-order valence-electron chi connectivity index (χ0n) is 17.4. The number of unbranched alkanes of at least 4 members (excludes halogenated alkanes) is 1. The molecule has 0 aromatic carbocycles. The van der Waals surface area contributed by atoms with Crippen LogP contribution in [0.4, 0.5) is 11.4 Å². The van der Waals surface area contributed by atoms with Crippen molar-refractivity contribution in [2.24, 2.45) is 5.92 Å². The van der Waals surface area contributed by atoms with Crippen molar-refractivity contribution in [2.75, 3.05) is 28.2 Å². The maximum absolute atomic E-state index is 13.1. The van der Waals surface area contributed by atoms with Gasteiger partial charge in [-0.05, 0) is 54.9 Å². The molecule has 1 amide bonds. The molecule has 0 unspecified atom stereocenters. The summed E-state index contributed by atoms with van der Waals surface area (Å²) in [4.78, 5) is 20.2. The third kappa shape index (κ3) is 5.83. The Morgan fingerprint density at radius 3 is 2.54 bits per heavy atom. The molecule has 2 aliphatic rings. The summed E-state index contributed by atoms with van der Waals surface area (Å²) in [5.74, 6) is 0.368. The Hall–Kier alpha value is -0.850. The van der Waals surface area contributed by atoms with Gasteiger partial charge in [-0.25, -0.2) is 0 Å². The number of carbonyl (C=O) groups excluding carboxylic acids is 1. The lowest BCUT2D eigenvalue weighted by Crippen LogP contribution is -2.27. The van der Waals surface area contributed by atoms with E-state index in [0.717, 1.165) is 37.9 Å². The second kappa shape index (κ2) is 11.4. The van der Waals surface area contributed by atoms with Gasteiger partial charge in [0.25, 0.3) is 0 Å². The van der Waals surface area contributed by atoms with Crippen molar-refractivity contribution in [2.45, 2.75) is 83.5 Å². The monoisotopic (exact) mass is 497 g/mol. The summed E-state index contributed by atoms with van der Waals surface area (Å²) in [7, 11) is 2.18. The predicted molar refractivity (Wildman–Crippen MR) is 127 cm³/mol. The fourth-order valence-corrected chi connectivity index (χ4v) is 5.24. The first-order chi connectivity index (χ1) is 13.7. The first kappa shape index (κ1) is 21.8. The van der Waals surface area contributed by atoms with Gasteiger partial charge < -0.3 is 10.2 Å². The van der Waals surface area contributed by atoms with Crippen LogP contribution < -0.4 is 10.2 Å². The van der Waals surface area contributed by atoms with Crippen LogP contribution in [-0.2, 0) is 17.6 Å². The topological polar surface area (TPSA) is 45.2 Å². The number of aromatic nitrogens is 1. The number of nitrogens with zero attached hydrogens (tertiary/aromatic N) is 2. The molecule has 1 heterocycles. The molecule has 0 saturated heterocycles. The number of anilines is 2. The number of carbonyl (C=O) groups is 1. The van der Waals surface area contributed by atoms with Crippen molar-refractivity contribution >= 4 is 39.9 Å². The number of nitrogens with one attached hydrogen (secondary N) is 1. The minimum atomic E-state index is 0.156. The molecule has 1 aromatic rings. The Bertz CT molecular complexity index is 639. The lowest BCUT2D eigenvalue weighted by Gasteiger charge is -2.26. The zero-order chi connectivity index (χ0) is 19.8. The van der Waals surface area contributed by atoms with Crippen LogP contribution in [0, 0.1) is 5.92 Å². The van der Waals surface area contributed by atoms with Crippen LogP contribution in [-0.4, -0.2) is 28.9 Å². The molecule has 0 radical (unpaired) electrons. The van der Waals surface area contributed by atoms with Crippen LogP contribution in [0.2, 0.25) is 0 Å². The summed E-state index contributed by atoms with van der Waals surface area (Å²) in [5, 5.41) is 3.31. The van der Waals surface area contributed by atoms with Crippen LogP contribution in [0.25, 0.3) is 0 Å². The van der Waals surface area contributed by atoms with Crippen molar-refractivity contribution < 1.29 is 4.79 Å². The molecular weight excluding hydrogens is 461 g/mol. The first-order valence-corrected chi connectivity index (χ1v) is 12.8. The molecule has 1 fully saturated rings. The molecule has 0 aliphatic heterocycles. The second-order valence-corrected chi connectivity index (χ2v) is 9.58. The van der Waals surface area contributed by atoms with Gasteiger partial charge in [0, 0.05) is 25.2 Å². The third-order valence-corrected chi connectivity index (χ3v) is 7.08. The molecule has 4 nitrogen and oxygen atoms in total. The summed E-state index contributed by atoms with van der Waals surface area (Å²) >= 11 is 2.45. The summed E-state index contributed by atoms with van der Waals surface area (Å²) in [6.07, 6.45) is 17.3. The Kier molecular flexibility index (Phi) is 8.87. The number of pyridine rings is 1. The highest BCUT2D eigenvalue weighted by molar-refractivity contribution is 14.1. The molecule has 28 heavy (non-hydrogen) atoms. The average molecular weight is 497 g/mol. The molecule has 156 valence electrons. The summed E-state index contributed by atoms with van der Waals surface area (Å²) in [6, 6.07) is 0. The highest BCUT2D eigenvalue weighted by Gasteiger charge is 2.25. The minimum Gasteiger partial charge on any atom is -0.373 e. The van der Waals surface area contributed by atoms with Crippen LogP contribution in [0.3, 0.4) is 0 Å². The Morgan fingerprint density at radius 2 is 1.82 bits per heavy atom. The summed E-state index contributed by atoms with van der Waals surface area (Å²) < 4.78 is 1.20. The quantitative estimate of drug-likeness (QED) is 0.289. The average Bonchev–Trinajstić information content (AvgIpc) is 3.20. The van der Waals surface area contributed by atoms with E-state index in [1.165, 1.54) is 79.2 Å². The number of fused-ring (bicyclic) bond motifs is 1. The predicted octanol–water partition coefficient (Wildman–Crippen LogP) is 5.91. The molecule has 3 rings (SSSR count). The van der Waals surface area contributed by atoms with Crippen LogP contribution in [0.15, 0.2) is 6.20 Å². The van der Waals surface area contributed by atoms with Crippen molar-refractivity contribution in [3.05, 3.63) is 17.5 Å². The number of amides is 1. The highest BCUT2D eigenvalue weighted by atomic mass is 127. The second-order valence-electron chi connectivity index (χ2n) is 8.50. The van der Waals surface area contributed by atoms with Crippen LogP contribution in [0.5, 0.6) is 0 Å². The lowest BCUT2D eigenvalue weighted by molar-refractivity contribution is -0.120. The van der Waals surface area contributed by atoms with Gasteiger partial charge in [0.1, 0.15) is 0 Å². The van der Waals surface area contributed by atoms with E-state index in [1.807, 2.05) is 6.20 Å². The minimum absolute atomic E-state index is 0.156. The molecule has 1 aromatic heterocycles. The van der Waals surface area contributed by atoms with Gasteiger partial charge in [-0.15, -0.1) is 0 Å². The fraction of sp³-hybridized carbons (Fsp3) is 0.739. The van der Waals surface area contributed by atoms with E-state index < -0.39 is 0 Å². The van der Waals surface area contributed by atoms with Crippen molar-refractivity contribution in [1.82, 2.24) is 4.98 Å².